The zero-order valence-corrected chi connectivity index (χ0v) is 21.7. The monoisotopic (exact) mass is 524 g/mol. The molecule has 1 aliphatic rings. The van der Waals surface area contributed by atoms with Gasteiger partial charge >= 0.3 is 5.97 Å². The van der Waals surface area contributed by atoms with E-state index in [9.17, 15) is 9.59 Å². The van der Waals surface area contributed by atoms with Crippen LogP contribution in [0, 0.1) is 0 Å². The highest BCUT2D eigenvalue weighted by Crippen LogP contribution is 2.31. The summed E-state index contributed by atoms with van der Waals surface area (Å²) >= 11 is 7.35. The van der Waals surface area contributed by atoms with Gasteiger partial charge in [0.1, 0.15) is 6.61 Å². The van der Waals surface area contributed by atoms with Gasteiger partial charge in [0.15, 0.2) is 16.3 Å². The fraction of sp³-hybridized carbons (Fsp3) is 0.222. The fourth-order valence-corrected chi connectivity index (χ4v) is 5.12. The van der Waals surface area contributed by atoms with Gasteiger partial charge in [0.2, 0.25) is 0 Å². The molecular weight excluding hydrogens is 500 g/mol. The van der Waals surface area contributed by atoms with Crippen LogP contribution in [0.1, 0.15) is 31.0 Å². The first-order chi connectivity index (χ1) is 17.4. The molecule has 0 fully saturated rings. The number of rotatable bonds is 8. The second-order valence-electron chi connectivity index (χ2n) is 7.86. The van der Waals surface area contributed by atoms with Gasteiger partial charge < -0.3 is 14.2 Å². The third-order valence-corrected chi connectivity index (χ3v) is 6.78. The number of carbonyl (C=O) groups is 1. The van der Waals surface area contributed by atoms with Crippen molar-refractivity contribution in [1.29, 1.82) is 0 Å². The number of benzene rings is 2. The minimum Gasteiger partial charge on any atom is -0.493 e. The predicted octanol–water partition coefficient (Wildman–Crippen LogP) is 4.03. The van der Waals surface area contributed by atoms with Crippen LogP contribution in [0.3, 0.4) is 0 Å². The van der Waals surface area contributed by atoms with Gasteiger partial charge in [-0.2, -0.15) is 0 Å². The van der Waals surface area contributed by atoms with Crippen LogP contribution in [0.5, 0.6) is 11.5 Å². The summed E-state index contributed by atoms with van der Waals surface area (Å²) in [6.45, 7) is 7.70. The number of halogens is 1. The SMILES string of the molecule is C=CCOc1ccc(/C=c2\sc3n(c2=O)[C@H](c2ccc(Cl)cc2)C(C(=O)OCC)=C(C)N=3)cc1OC. The lowest BCUT2D eigenvalue weighted by Crippen LogP contribution is -2.39. The van der Waals surface area contributed by atoms with Gasteiger partial charge in [0, 0.05) is 5.02 Å². The van der Waals surface area contributed by atoms with Gasteiger partial charge in [0.25, 0.3) is 5.56 Å². The number of fused-ring (bicyclic) bond motifs is 1. The number of nitrogens with zero attached hydrogens (tertiary/aromatic N) is 2. The van der Waals surface area contributed by atoms with Gasteiger partial charge in [-0.1, -0.05) is 53.8 Å². The molecule has 2 aromatic carbocycles. The van der Waals surface area contributed by atoms with Crippen LogP contribution in [0.25, 0.3) is 6.08 Å². The van der Waals surface area contributed by atoms with Crippen molar-refractivity contribution in [2.45, 2.75) is 19.9 Å². The molecule has 9 heteroatoms. The molecule has 2 heterocycles. The number of allylic oxidation sites excluding steroid dienone is 1. The standard InChI is InChI=1S/C27H25ClN2O5S/c1-5-13-35-20-12-7-17(14-21(20)33-4)15-22-25(31)30-24(18-8-10-19(28)11-9-18)23(26(32)34-6-2)16(3)29-27(30)36-22/h5,7-12,14-15,24H,1,6,13H2,2-4H3/b22-15-/t24-/m1/s1. The van der Waals surface area contributed by atoms with E-state index in [2.05, 4.69) is 11.6 Å². The first-order valence-corrected chi connectivity index (χ1v) is 12.4. The number of ether oxygens (including phenoxy) is 3. The van der Waals surface area contributed by atoms with Crippen LogP contribution in [0.4, 0.5) is 0 Å². The van der Waals surface area contributed by atoms with Gasteiger partial charge in [-0.15, -0.1) is 0 Å². The molecule has 0 saturated carbocycles. The largest absolute Gasteiger partial charge is 0.493 e. The summed E-state index contributed by atoms with van der Waals surface area (Å²) in [6.07, 6.45) is 3.42. The zero-order chi connectivity index (χ0) is 25.8. The summed E-state index contributed by atoms with van der Waals surface area (Å²) in [5.41, 5.74) is 2.05. The fourth-order valence-electron chi connectivity index (χ4n) is 3.95. The lowest BCUT2D eigenvalue weighted by Gasteiger charge is -2.24. The Morgan fingerprint density at radius 3 is 2.64 bits per heavy atom. The maximum atomic E-state index is 13.7. The summed E-state index contributed by atoms with van der Waals surface area (Å²) in [7, 11) is 1.56. The molecule has 1 aliphatic heterocycles. The van der Waals surface area contributed by atoms with E-state index >= 15 is 0 Å². The third kappa shape index (κ3) is 5.01. The van der Waals surface area contributed by atoms with Crippen molar-refractivity contribution >= 4 is 35.0 Å². The van der Waals surface area contributed by atoms with Gasteiger partial charge in [0.05, 0.1) is 35.6 Å². The van der Waals surface area contributed by atoms with Crippen LogP contribution >= 0.6 is 22.9 Å². The van der Waals surface area contributed by atoms with Gasteiger partial charge in [-0.25, -0.2) is 9.79 Å². The Hall–Kier alpha value is -3.62. The molecule has 0 N–H and O–H groups in total. The highest BCUT2D eigenvalue weighted by molar-refractivity contribution is 7.07. The Morgan fingerprint density at radius 1 is 1.22 bits per heavy atom. The number of aromatic nitrogens is 1. The van der Waals surface area contributed by atoms with E-state index in [1.54, 1.807) is 69.5 Å². The van der Waals surface area contributed by atoms with Crippen molar-refractivity contribution in [2.24, 2.45) is 4.99 Å². The first kappa shape index (κ1) is 25.5. The van der Waals surface area contributed by atoms with Crippen LogP contribution in [-0.4, -0.2) is 30.9 Å². The number of esters is 1. The van der Waals surface area contributed by atoms with Gasteiger partial charge in [-0.3, -0.25) is 9.36 Å². The summed E-state index contributed by atoms with van der Waals surface area (Å²) in [4.78, 5) is 31.7. The lowest BCUT2D eigenvalue weighted by molar-refractivity contribution is -0.139. The minimum atomic E-state index is -0.691. The van der Waals surface area contributed by atoms with E-state index in [1.807, 2.05) is 6.07 Å². The molecule has 7 nitrogen and oxygen atoms in total. The van der Waals surface area contributed by atoms with Crippen molar-refractivity contribution in [1.82, 2.24) is 4.57 Å². The average Bonchev–Trinajstić information content (AvgIpc) is 3.17. The molecule has 0 unspecified atom stereocenters. The molecular formula is C27H25ClN2O5S. The van der Waals surface area contributed by atoms with E-state index in [1.165, 1.54) is 15.9 Å². The molecule has 0 bridgehead atoms. The Morgan fingerprint density at radius 2 is 1.97 bits per heavy atom. The van der Waals surface area contributed by atoms with E-state index in [0.29, 0.717) is 43.7 Å². The summed E-state index contributed by atoms with van der Waals surface area (Å²) < 4.78 is 18.4. The zero-order valence-electron chi connectivity index (χ0n) is 20.1. The molecule has 0 saturated heterocycles. The van der Waals surface area contributed by atoms with Gasteiger partial charge in [-0.05, 0) is 55.3 Å². The normalized spacial score (nSPS) is 15.2. The van der Waals surface area contributed by atoms with E-state index < -0.39 is 12.0 Å². The maximum Gasteiger partial charge on any atom is 0.338 e. The average molecular weight is 525 g/mol. The highest BCUT2D eigenvalue weighted by Gasteiger charge is 2.33. The number of carbonyl (C=O) groups excluding carboxylic acids is 1. The number of hydrogen-bond donors (Lipinski definition) is 0. The van der Waals surface area contributed by atoms with Crippen LogP contribution in [-0.2, 0) is 9.53 Å². The molecule has 1 atom stereocenters. The number of methoxy groups -OCH3 is 1. The van der Waals surface area contributed by atoms with E-state index in [0.717, 1.165) is 11.1 Å². The Kier molecular flexibility index (Phi) is 7.76. The van der Waals surface area contributed by atoms with Crippen molar-refractivity contribution in [2.75, 3.05) is 20.3 Å². The lowest BCUT2D eigenvalue weighted by atomic mass is 9.96. The molecule has 3 aromatic rings. The quantitative estimate of drug-likeness (QED) is 0.328. The second kappa shape index (κ2) is 11.0. The summed E-state index contributed by atoms with van der Waals surface area (Å²) in [6, 6.07) is 11.8. The molecule has 0 amide bonds. The summed E-state index contributed by atoms with van der Waals surface area (Å²) in [5.74, 6) is 0.610. The molecule has 0 aliphatic carbocycles. The van der Waals surface area contributed by atoms with Crippen LogP contribution in [0.15, 0.2) is 76.2 Å². The Labute approximate surface area is 217 Å². The topological polar surface area (TPSA) is 79.1 Å². The molecule has 36 heavy (non-hydrogen) atoms. The Balaban J connectivity index is 1.87. The maximum absolute atomic E-state index is 13.7. The molecule has 0 radical (unpaired) electrons. The molecule has 1 aromatic heterocycles. The Bertz CT molecular complexity index is 1520. The first-order valence-electron chi connectivity index (χ1n) is 11.2. The van der Waals surface area contributed by atoms with Crippen molar-refractivity contribution < 1.29 is 19.0 Å². The van der Waals surface area contributed by atoms with E-state index in [4.69, 9.17) is 25.8 Å². The van der Waals surface area contributed by atoms with Crippen molar-refractivity contribution in [3.8, 4) is 11.5 Å². The number of thiazole rings is 1. The number of hydrogen-bond acceptors (Lipinski definition) is 7. The highest BCUT2D eigenvalue weighted by atomic mass is 35.5. The molecule has 186 valence electrons. The van der Waals surface area contributed by atoms with E-state index in [-0.39, 0.29) is 12.2 Å². The minimum absolute atomic E-state index is 0.210. The summed E-state index contributed by atoms with van der Waals surface area (Å²) in [5, 5.41) is 0.555. The third-order valence-electron chi connectivity index (χ3n) is 5.54. The van der Waals surface area contributed by atoms with Crippen LogP contribution < -0.4 is 24.4 Å². The van der Waals surface area contributed by atoms with Crippen molar-refractivity contribution in [3.63, 3.8) is 0 Å². The second-order valence-corrected chi connectivity index (χ2v) is 9.31. The molecule has 0 spiro atoms. The predicted molar refractivity (Wildman–Crippen MR) is 141 cm³/mol. The smallest absolute Gasteiger partial charge is 0.338 e. The molecule has 4 rings (SSSR count). The van der Waals surface area contributed by atoms with Crippen molar-refractivity contribution in [3.05, 3.63) is 102 Å². The van der Waals surface area contributed by atoms with Crippen LogP contribution in [0.2, 0.25) is 5.02 Å².